The smallest absolute Gasteiger partial charge is 0.117 e. The van der Waals surface area contributed by atoms with E-state index in [2.05, 4.69) is 48.6 Å². The van der Waals surface area contributed by atoms with Crippen molar-refractivity contribution in [3.63, 3.8) is 0 Å². The van der Waals surface area contributed by atoms with Gasteiger partial charge in [-0.05, 0) is 35.6 Å². The molecule has 1 aliphatic rings. The van der Waals surface area contributed by atoms with Gasteiger partial charge in [-0.1, -0.05) is 31.2 Å². The van der Waals surface area contributed by atoms with Crippen molar-refractivity contribution < 1.29 is 9.15 Å². The summed E-state index contributed by atoms with van der Waals surface area (Å²) in [5, 5.41) is 3.44. The maximum Gasteiger partial charge on any atom is 0.117 e. The largest absolute Gasteiger partial charge is 0.464 e. The number of methoxy groups -OCH3 is 1. The summed E-state index contributed by atoms with van der Waals surface area (Å²) in [6, 6.07) is 12.7. The summed E-state index contributed by atoms with van der Waals surface area (Å²) in [4.78, 5) is 0. The van der Waals surface area contributed by atoms with Crippen molar-refractivity contribution in [1.82, 2.24) is 5.32 Å². The number of rotatable bonds is 7. The number of hydrogen-bond donors (Lipinski definition) is 1. The van der Waals surface area contributed by atoms with Crippen molar-refractivity contribution in [3.05, 3.63) is 59.0 Å². The number of benzene rings is 1. The van der Waals surface area contributed by atoms with E-state index in [4.69, 9.17) is 9.15 Å². The molecule has 1 aromatic carbocycles. The molecule has 3 nitrogen and oxygen atoms in total. The molecule has 0 saturated heterocycles. The zero-order valence-corrected chi connectivity index (χ0v) is 12.8. The van der Waals surface area contributed by atoms with Gasteiger partial charge in [-0.25, -0.2) is 0 Å². The van der Waals surface area contributed by atoms with Gasteiger partial charge in [-0.2, -0.15) is 0 Å². The van der Waals surface area contributed by atoms with Crippen LogP contribution >= 0.6 is 0 Å². The minimum absolute atomic E-state index is 0.657. The van der Waals surface area contributed by atoms with Gasteiger partial charge in [-0.15, -0.1) is 0 Å². The van der Waals surface area contributed by atoms with E-state index in [1.54, 1.807) is 7.11 Å². The van der Waals surface area contributed by atoms with Gasteiger partial charge in [0, 0.05) is 19.6 Å². The van der Waals surface area contributed by atoms with Gasteiger partial charge >= 0.3 is 0 Å². The molecule has 1 fully saturated rings. The molecule has 2 aromatic rings. The lowest BCUT2D eigenvalue weighted by molar-refractivity contribution is 0.185. The second kappa shape index (κ2) is 6.46. The molecule has 1 aromatic heterocycles. The van der Waals surface area contributed by atoms with E-state index in [-0.39, 0.29) is 0 Å². The standard InChI is InChI=1S/C18H23NO2/c1-13-8-17(13)18-7-6-16(21-18)11-19-10-14-4-3-5-15(9-14)12-20-2/h3-7,9,13,17,19H,8,10-12H2,1-2H3. The zero-order valence-electron chi connectivity index (χ0n) is 12.8. The molecule has 112 valence electrons. The fourth-order valence-corrected chi connectivity index (χ4v) is 2.73. The maximum absolute atomic E-state index is 5.90. The molecular formula is C18H23NO2. The molecule has 3 heteroatoms. The van der Waals surface area contributed by atoms with Crippen LogP contribution in [0.25, 0.3) is 0 Å². The summed E-state index contributed by atoms with van der Waals surface area (Å²) < 4.78 is 11.1. The molecule has 1 N–H and O–H groups in total. The van der Waals surface area contributed by atoms with E-state index >= 15 is 0 Å². The van der Waals surface area contributed by atoms with Crippen LogP contribution in [-0.4, -0.2) is 7.11 Å². The molecule has 0 amide bonds. The van der Waals surface area contributed by atoms with Crippen LogP contribution in [0.1, 0.15) is 41.9 Å². The normalized spacial score (nSPS) is 20.7. The number of nitrogens with one attached hydrogen (secondary N) is 1. The van der Waals surface area contributed by atoms with Gasteiger partial charge in [-0.3, -0.25) is 0 Å². The monoisotopic (exact) mass is 285 g/mol. The minimum atomic E-state index is 0.657. The summed E-state index contributed by atoms with van der Waals surface area (Å²) in [6.07, 6.45) is 1.27. The SMILES string of the molecule is COCc1cccc(CNCc2ccc(C3CC3C)o2)c1. The molecule has 2 unspecified atom stereocenters. The Morgan fingerprint density at radius 2 is 2.00 bits per heavy atom. The Balaban J connectivity index is 1.49. The highest BCUT2D eigenvalue weighted by molar-refractivity contribution is 5.23. The van der Waals surface area contributed by atoms with Gasteiger partial charge in [0.1, 0.15) is 11.5 Å². The molecule has 1 aliphatic carbocycles. The molecule has 0 aliphatic heterocycles. The molecule has 1 heterocycles. The lowest BCUT2D eigenvalue weighted by Crippen LogP contribution is -2.12. The minimum Gasteiger partial charge on any atom is -0.464 e. The zero-order chi connectivity index (χ0) is 14.7. The third-order valence-corrected chi connectivity index (χ3v) is 4.09. The van der Waals surface area contributed by atoms with Gasteiger partial charge < -0.3 is 14.5 Å². The van der Waals surface area contributed by atoms with E-state index in [1.807, 2.05) is 0 Å². The fraction of sp³-hybridized carbons (Fsp3) is 0.444. The summed E-state index contributed by atoms with van der Waals surface area (Å²) in [7, 11) is 1.72. The second-order valence-electron chi connectivity index (χ2n) is 5.98. The van der Waals surface area contributed by atoms with Crippen LogP contribution in [0, 0.1) is 5.92 Å². The molecular weight excluding hydrogens is 262 g/mol. The van der Waals surface area contributed by atoms with Crippen LogP contribution in [0.2, 0.25) is 0 Å². The Morgan fingerprint density at radius 3 is 2.76 bits per heavy atom. The van der Waals surface area contributed by atoms with Crippen molar-refractivity contribution in [2.75, 3.05) is 7.11 Å². The third kappa shape index (κ3) is 3.74. The van der Waals surface area contributed by atoms with Gasteiger partial charge in [0.05, 0.1) is 13.2 Å². The van der Waals surface area contributed by atoms with Crippen molar-refractivity contribution in [3.8, 4) is 0 Å². The summed E-state index contributed by atoms with van der Waals surface area (Å²) in [5.41, 5.74) is 2.48. The Morgan fingerprint density at radius 1 is 1.19 bits per heavy atom. The van der Waals surface area contributed by atoms with Crippen LogP contribution in [0.5, 0.6) is 0 Å². The maximum atomic E-state index is 5.90. The Labute approximate surface area is 126 Å². The number of ether oxygens (including phenoxy) is 1. The second-order valence-corrected chi connectivity index (χ2v) is 5.98. The average molecular weight is 285 g/mol. The molecule has 3 rings (SSSR count). The molecule has 21 heavy (non-hydrogen) atoms. The number of furan rings is 1. The van der Waals surface area contributed by atoms with Gasteiger partial charge in [0.25, 0.3) is 0 Å². The van der Waals surface area contributed by atoms with Crippen molar-refractivity contribution in [2.24, 2.45) is 5.92 Å². The first-order valence-corrected chi connectivity index (χ1v) is 7.62. The quantitative estimate of drug-likeness (QED) is 0.839. The molecule has 0 spiro atoms. The van der Waals surface area contributed by atoms with Crippen LogP contribution in [0.3, 0.4) is 0 Å². The average Bonchev–Trinajstić information content (AvgIpc) is 3.02. The number of hydrogen-bond acceptors (Lipinski definition) is 3. The van der Waals surface area contributed by atoms with E-state index < -0.39 is 0 Å². The topological polar surface area (TPSA) is 34.4 Å². The van der Waals surface area contributed by atoms with Crippen LogP contribution in [0.4, 0.5) is 0 Å². The summed E-state index contributed by atoms with van der Waals surface area (Å²) >= 11 is 0. The molecule has 0 radical (unpaired) electrons. The van der Waals surface area contributed by atoms with Gasteiger partial charge in [0.2, 0.25) is 0 Å². The first kappa shape index (κ1) is 14.4. The van der Waals surface area contributed by atoms with Crippen LogP contribution < -0.4 is 5.32 Å². The molecule has 2 atom stereocenters. The summed E-state index contributed by atoms with van der Waals surface area (Å²) in [5.74, 6) is 3.63. The third-order valence-electron chi connectivity index (χ3n) is 4.09. The Hall–Kier alpha value is -1.58. The van der Waals surface area contributed by atoms with E-state index in [1.165, 1.54) is 17.5 Å². The predicted octanol–water partition coefficient (Wildman–Crippen LogP) is 3.84. The Kier molecular flexibility index (Phi) is 4.42. The predicted molar refractivity (Wildman–Crippen MR) is 82.9 cm³/mol. The van der Waals surface area contributed by atoms with Crippen LogP contribution in [-0.2, 0) is 24.4 Å². The highest BCUT2D eigenvalue weighted by atomic mass is 16.5. The summed E-state index contributed by atoms with van der Waals surface area (Å²) in [6.45, 7) is 4.55. The lowest BCUT2D eigenvalue weighted by Gasteiger charge is -2.06. The first-order valence-electron chi connectivity index (χ1n) is 7.62. The highest BCUT2D eigenvalue weighted by Gasteiger charge is 2.36. The van der Waals surface area contributed by atoms with E-state index in [0.29, 0.717) is 12.5 Å². The Bertz CT molecular complexity index is 590. The van der Waals surface area contributed by atoms with E-state index in [9.17, 15) is 0 Å². The lowest BCUT2D eigenvalue weighted by atomic mass is 10.1. The first-order chi connectivity index (χ1) is 10.3. The molecule has 0 bridgehead atoms. The van der Waals surface area contributed by atoms with Gasteiger partial charge in [0.15, 0.2) is 0 Å². The van der Waals surface area contributed by atoms with Crippen molar-refractivity contribution in [2.45, 2.75) is 39.0 Å². The van der Waals surface area contributed by atoms with Crippen LogP contribution in [0.15, 0.2) is 40.8 Å². The fourth-order valence-electron chi connectivity index (χ4n) is 2.73. The highest BCUT2D eigenvalue weighted by Crippen LogP contribution is 2.47. The van der Waals surface area contributed by atoms with Crippen molar-refractivity contribution >= 4 is 0 Å². The van der Waals surface area contributed by atoms with E-state index in [0.717, 1.165) is 30.5 Å². The van der Waals surface area contributed by atoms with Crippen molar-refractivity contribution in [1.29, 1.82) is 0 Å². The molecule has 1 saturated carbocycles.